The van der Waals surface area contributed by atoms with Crippen molar-refractivity contribution in [3.05, 3.63) is 35.1 Å². The first-order valence-electron chi connectivity index (χ1n) is 5.92. The highest BCUT2D eigenvalue weighted by Gasteiger charge is 2.35. The summed E-state index contributed by atoms with van der Waals surface area (Å²) in [6.07, 6.45) is 1.36. The second-order valence-corrected chi connectivity index (χ2v) is 5.30. The van der Waals surface area contributed by atoms with Crippen LogP contribution in [0, 0.1) is 17.5 Å². The summed E-state index contributed by atoms with van der Waals surface area (Å²) in [7, 11) is 0. The van der Waals surface area contributed by atoms with Gasteiger partial charge in [-0.2, -0.15) is 0 Å². The van der Waals surface area contributed by atoms with E-state index in [1.54, 1.807) is 13.8 Å². The van der Waals surface area contributed by atoms with E-state index in [4.69, 9.17) is 0 Å². The number of halogens is 3. The molecule has 1 heterocycles. The molecule has 1 saturated heterocycles. The smallest absolute Gasteiger partial charge is 0.194 e. The molecule has 0 radical (unpaired) electrons. The lowest BCUT2D eigenvalue weighted by Gasteiger charge is -2.26. The van der Waals surface area contributed by atoms with Gasteiger partial charge in [0.25, 0.3) is 0 Å². The number of hydrogen-bond donors (Lipinski definition) is 2. The van der Waals surface area contributed by atoms with Crippen molar-refractivity contribution < 1.29 is 18.3 Å². The second-order valence-electron chi connectivity index (χ2n) is 5.30. The molecule has 1 fully saturated rings. The molecule has 2 rings (SSSR count). The Labute approximate surface area is 104 Å². The van der Waals surface area contributed by atoms with Crippen LogP contribution in [0.15, 0.2) is 12.1 Å². The van der Waals surface area contributed by atoms with Gasteiger partial charge >= 0.3 is 0 Å². The van der Waals surface area contributed by atoms with Crippen LogP contribution in [0.3, 0.4) is 0 Å². The van der Waals surface area contributed by atoms with Crippen LogP contribution >= 0.6 is 0 Å². The predicted molar refractivity (Wildman–Crippen MR) is 61.5 cm³/mol. The lowest BCUT2D eigenvalue weighted by molar-refractivity contribution is 0.0432. The first kappa shape index (κ1) is 13.4. The average Bonchev–Trinajstić information content (AvgIpc) is 2.73. The summed E-state index contributed by atoms with van der Waals surface area (Å²) in [6.45, 7) is 3.36. The summed E-state index contributed by atoms with van der Waals surface area (Å²) in [5.74, 6) is -3.81. The zero-order valence-corrected chi connectivity index (χ0v) is 10.3. The summed E-state index contributed by atoms with van der Waals surface area (Å²) >= 11 is 0. The molecule has 1 aromatic rings. The quantitative estimate of drug-likeness (QED) is 0.800. The van der Waals surface area contributed by atoms with E-state index in [2.05, 4.69) is 5.32 Å². The highest BCUT2D eigenvalue weighted by Crippen LogP contribution is 2.32. The van der Waals surface area contributed by atoms with Gasteiger partial charge in [0.05, 0.1) is 5.60 Å². The molecule has 0 unspecified atom stereocenters. The van der Waals surface area contributed by atoms with Crippen molar-refractivity contribution in [2.75, 3.05) is 0 Å². The van der Waals surface area contributed by atoms with Crippen LogP contribution in [0.4, 0.5) is 13.2 Å². The molecule has 100 valence electrons. The molecule has 0 spiro atoms. The third-order valence-corrected chi connectivity index (χ3v) is 3.41. The SMILES string of the molecule is CC(C)(O)[C@H]1CC[C@@H](c2cc(F)c(F)c(F)c2)N1. The van der Waals surface area contributed by atoms with Gasteiger partial charge in [0, 0.05) is 12.1 Å². The highest BCUT2D eigenvalue weighted by molar-refractivity contribution is 5.24. The van der Waals surface area contributed by atoms with Crippen LogP contribution in [-0.4, -0.2) is 16.7 Å². The van der Waals surface area contributed by atoms with Crippen LogP contribution < -0.4 is 5.32 Å². The van der Waals surface area contributed by atoms with Gasteiger partial charge in [-0.3, -0.25) is 0 Å². The normalized spacial score (nSPS) is 24.6. The van der Waals surface area contributed by atoms with E-state index in [0.29, 0.717) is 18.4 Å². The van der Waals surface area contributed by atoms with Crippen molar-refractivity contribution in [1.82, 2.24) is 5.32 Å². The van der Waals surface area contributed by atoms with Gasteiger partial charge in [-0.25, -0.2) is 13.2 Å². The van der Waals surface area contributed by atoms with Crippen LogP contribution in [0.2, 0.25) is 0 Å². The summed E-state index contributed by atoms with van der Waals surface area (Å²) < 4.78 is 39.1. The van der Waals surface area contributed by atoms with Gasteiger partial charge in [0.1, 0.15) is 0 Å². The fraction of sp³-hybridized carbons (Fsp3) is 0.538. The Hall–Kier alpha value is -1.07. The Bertz CT molecular complexity index is 433. The molecule has 0 amide bonds. The maximum atomic E-state index is 13.1. The maximum Gasteiger partial charge on any atom is 0.194 e. The zero-order chi connectivity index (χ0) is 13.5. The summed E-state index contributed by atoms with van der Waals surface area (Å²) in [5, 5.41) is 13.0. The fourth-order valence-corrected chi connectivity index (χ4v) is 2.34. The van der Waals surface area contributed by atoms with E-state index in [9.17, 15) is 18.3 Å². The van der Waals surface area contributed by atoms with Crippen molar-refractivity contribution in [2.45, 2.75) is 44.4 Å². The fourth-order valence-electron chi connectivity index (χ4n) is 2.34. The van der Waals surface area contributed by atoms with Gasteiger partial charge in [-0.05, 0) is 44.4 Å². The molecular weight excluding hydrogens is 243 g/mol. The maximum absolute atomic E-state index is 13.1. The first-order valence-corrected chi connectivity index (χ1v) is 5.92. The van der Waals surface area contributed by atoms with Crippen molar-refractivity contribution in [2.24, 2.45) is 0 Å². The Balaban J connectivity index is 2.20. The van der Waals surface area contributed by atoms with Crippen molar-refractivity contribution in [3.63, 3.8) is 0 Å². The standard InChI is InChI=1S/C13H16F3NO/c1-13(2,18)11-4-3-10(17-11)7-5-8(14)12(16)9(15)6-7/h5-6,10-11,17-18H,3-4H2,1-2H3/t10-,11+/m0/s1. The first-order chi connectivity index (χ1) is 8.29. The van der Waals surface area contributed by atoms with Gasteiger partial charge in [0.2, 0.25) is 0 Å². The Morgan fingerprint density at radius 1 is 1.17 bits per heavy atom. The number of aliphatic hydroxyl groups is 1. The molecule has 1 aromatic carbocycles. The Morgan fingerprint density at radius 3 is 2.17 bits per heavy atom. The lowest BCUT2D eigenvalue weighted by Crippen LogP contribution is -2.43. The largest absolute Gasteiger partial charge is 0.389 e. The van der Waals surface area contributed by atoms with Gasteiger partial charge in [-0.15, -0.1) is 0 Å². The topological polar surface area (TPSA) is 32.3 Å². The third kappa shape index (κ3) is 2.52. The summed E-state index contributed by atoms with van der Waals surface area (Å²) in [4.78, 5) is 0. The minimum Gasteiger partial charge on any atom is -0.389 e. The molecule has 0 saturated carbocycles. The van der Waals surface area contributed by atoms with Gasteiger partial charge < -0.3 is 10.4 Å². The Morgan fingerprint density at radius 2 is 1.72 bits per heavy atom. The summed E-state index contributed by atoms with van der Waals surface area (Å²) in [6, 6.07) is 1.61. The van der Waals surface area contributed by atoms with Crippen molar-refractivity contribution in [3.8, 4) is 0 Å². The molecular formula is C13H16F3NO. The molecule has 0 bridgehead atoms. The van der Waals surface area contributed by atoms with Crippen LogP contribution in [0.25, 0.3) is 0 Å². The highest BCUT2D eigenvalue weighted by atomic mass is 19.2. The van der Waals surface area contributed by atoms with E-state index in [-0.39, 0.29) is 12.1 Å². The molecule has 1 aliphatic rings. The molecule has 2 nitrogen and oxygen atoms in total. The van der Waals surface area contributed by atoms with Crippen LogP contribution in [0.1, 0.15) is 38.3 Å². The van der Waals surface area contributed by atoms with E-state index in [1.165, 1.54) is 0 Å². The van der Waals surface area contributed by atoms with Crippen LogP contribution in [-0.2, 0) is 0 Å². The van der Waals surface area contributed by atoms with Gasteiger partial charge in [0.15, 0.2) is 17.5 Å². The lowest BCUT2D eigenvalue weighted by atomic mass is 9.98. The minimum atomic E-state index is -1.45. The molecule has 1 aliphatic heterocycles. The second kappa shape index (κ2) is 4.55. The zero-order valence-electron chi connectivity index (χ0n) is 10.3. The molecule has 2 N–H and O–H groups in total. The molecule has 0 aliphatic carbocycles. The Kier molecular flexibility index (Phi) is 3.38. The number of benzene rings is 1. The monoisotopic (exact) mass is 259 g/mol. The average molecular weight is 259 g/mol. The van der Waals surface area contributed by atoms with Crippen LogP contribution in [0.5, 0.6) is 0 Å². The van der Waals surface area contributed by atoms with Crippen molar-refractivity contribution in [1.29, 1.82) is 0 Å². The molecule has 2 atom stereocenters. The molecule has 18 heavy (non-hydrogen) atoms. The third-order valence-electron chi connectivity index (χ3n) is 3.41. The number of nitrogens with one attached hydrogen (secondary N) is 1. The predicted octanol–water partition coefficient (Wildman–Crippen LogP) is 2.67. The molecule has 0 aromatic heterocycles. The number of rotatable bonds is 2. The minimum absolute atomic E-state index is 0.140. The molecule has 5 heteroatoms. The van der Waals surface area contributed by atoms with E-state index < -0.39 is 23.1 Å². The van der Waals surface area contributed by atoms with E-state index in [1.807, 2.05) is 0 Å². The summed E-state index contributed by atoms with van der Waals surface area (Å²) in [5.41, 5.74) is -0.524. The van der Waals surface area contributed by atoms with Crippen molar-refractivity contribution >= 4 is 0 Å². The van der Waals surface area contributed by atoms with E-state index >= 15 is 0 Å². The number of hydrogen-bond acceptors (Lipinski definition) is 2. The van der Waals surface area contributed by atoms with E-state index in [0.717, 1.165) is 12.1 Å². The van der Waals surface area contributed by atoms with Gasteiger partial charge in [-0.1, -0.05) is 0 Å².